The lowest BCUT2D eigenvalue weighted by Crippen LogP contribution is -2.47. The fourth-order valence-electron chi connectivity index (χ4n) is 2.24. The first-order valence-electron chi connectivity index (χ1n) is 6.54. The van der Waals surface area contributed by atoms with Gasteiger partial charge in [-0.2, -0.15) is 0 Å². The molecule has 1 aliphatic rings. The average Bonchev–Trinajstić information content (AvgIpc) is 2.47. The third kappa shape index (κ3) is 3.62. The molecule has 4 N–H and O–H groups in total. The molecule has 1 atom stereocenters. The molecule has 1 aliphatic heterocycles. The van der Waals surface area contributed by atoms with Crippen molar-refractivity contribution in [3.63, 3.8) is 0 Å². The molecule has 104 valence electrons. The minimum Gasteiger partial charge on any atom is -0.347 e. The van der Waals surface area contributed by atoms with Gasteiger partial charge in [-0.3, -0.25) is 4.79 Å². The van der Waals surface area contributed by atoms with Crippen molar-refractivity contribution in [2.75, 3.05) is 25.1 Å². The van der Waals surface area contributed by atoms with Gasteiger partial charge in [0.1, 0.15) is 5.69 Å². The van der Waals surface area contributed by atoms with Crippen LogP contribution in [0.15, 0.2) is 12.4 Å². The maximum atomic E-state index is 12.0. The highest BCUT2D eigenvalue weighted by atomic mass is 16.2. The monoisotopic (exact) mass is 264 g/mol. The maximum Gasteiger partial charge on any atom is 0.271 e. The molecule has 1 saturated heterocycles. The van der Waals surface area contributed by atoms with Gasteiger partial charge < -0.3 is 15.6 Å². The molecule has 0 aliphatic carbocycles. The number of hydrogen-bond acceptors (Lipinski definition) is 6. The van der Waals surface area contributed by atoms with Crippen molar-refractivity contribution in [2.24, 2.45) is 5.84 Å². The third-order valence-corrected chi connectivity index (χ3v) is 3.32. The zero-order valence-electron chi connectivity index (χ0n) is 11.1. The Morgan fingerprint density at radius 1 is 1.53 bits per heavy atom. The summed E-state index contributed by atoms with van der Waals surface area (Å²) in [6.45, 7) is 5.16. The lowest BCUT2D eigenvalue weighted by atomic mass is 10.1. The van der Waals surface area contributed by atoms with Gasteiger partial charge in [0.25, 0.3) is 5.91 Å². The number of likely N-dealkylation sites (N-methyl/N-ethyl adjacent to an activating group) is 1. The fourth-order valence-corrected chi connectivity index (χ4v) is 2.24. The van der Waals surface area contributed by atoms with Crippen molar-refractivity contribution in [1.82, 2.24) is 20.2 Å². The topological polar surface area (TPSA) is 96.2 Å². The first-order chi connectivity index (χ1) is 9.22. The number of nitrogens with one attached hydrogen (secondary N) is 2. The lowest BCUT2D eigenvalue weighted by Gasteiger charge is -2.32. The number of hydrogen-bond donors (Lipinski definition) is 3. The number of aromatic nitrogens is 2. The summed E-state index contributed by atoms with van der Waals surface area (Å²) in [7, 11) is 0. The number of nitrogens with two attached hydrogens (primary N) is 1. The molecule has 1 fully saturated rings. The molecule has 0 aromatic carbocycles. The van der Waals surface area contributed by atoms with Crippen LogP contribution >= 0.6 is 0 Å². The van der Waals surface area contributed by atoms with E-state index in [1.165, 1.54) is 12.4 Å². The summed E-state index contributed by atoms with van der Waals surface area (Å²) >= 11 is 0. The predicted octanol–water partition coefficient (Wildman–Crippen LogP) is -0.0237. The molecule has 19 heavy (non-hydrogen) atoms. The summed E-state index contributed by atoms with van der Waals surface area (Å²) in [6.07, 6.45) is 4.98. The van der Waals surface area contributed by atoms with Crippen LogP contribution in [-0.4, -0.2) is 46.5 Å². The van der Waals surface area contributed by atoms with Gasteiger partial charge in [-0.05, 0) is 25.9 Å². The Morgan fingerprint density at radius 3 is 3.00 bits per heavy atom. The van der Waals surface area contributed by atoms with Gasteiger partial charge in [0.15, 0.2) is 5.82 Å². The van der Waals surface area contributed by atoms with Crippen LogP contribution in [0.2, 0.25) is 0 Å². The van der Waals surface area contributed by atoms with Crippen molar-refractivity contribution in [1.29, 1.82) is 0 Å². The molecule has 2 rings (SSSR count). The number of amides is 1. The lowest BCUT2D eigenvalue weighted by molar-refractivity contribution is 0.0900. The van der Waals surface area contributed by atoms with E-state index < -0.39 is 0 Å². The minimum atomic E-state index is -0.181. The normalized spacial score (nSPS) is 20.0. The molecule has 2 heterocycles. The van der Waals surface area contributed by atoms with Crippen molar-refractivity contribution in [3.8, 4) is 0 Å². The van der Waals surface area contributed by atoms with E-state index in [9.17, 15) is 4.79 Å². The number of nitrogen functional groups attached to an aromatic ring is 1. The number of carbonyl (C=O) groups is 1. The highest BCUT2D eigenvalue weighted by molar-refractivity contribution is 5.92. The van der Waals surface area contributed by atoms with Crippen molar-refractivity contribution in [3.05, 3.63) is 18.1 Å². The summed E-state index contributed by atoms with van der Waals surface area (Å²) in [4.78, 5) is 22.4. The number of piperidine rings is 1. The second-order valence-electron chi connectivity index (χ2n) is 4.64. The standard InChI is InChI=1S/C12H20N6O/c1-2-18-5-3-4-9(8-18)16-12(19)10-6-15-11(17-13)7-14-10/h6-7,9H,2-5,8,13H2,1H3,(H,15,17)(H,16,19). The molecule has 0 radical (unpaired) electrons. The highest BCUT2D eigenvalue weighted by Crippen LogP contribution is 2.10. The first kappa shape index (κ1) is 13.7. The van der Waals surface area contributed by atoms with Gasteiger partial charge in [-0.15, -0.1) is 0 Å². The summed E-state index contributed by atoms with van der Waals surface area (Å²) in [5.41, 5.74) is 2.69. The molecule has 0 spiro atoms. The average molecular weight is 264 g/mol. The van der Waals surface area contributed by atoms with Gasteiger partial charge >= 0.3 is 0 Å². The molecule has 1 aromatic heterocycles. The Morgan fingerprint density at radius 2 is 2.37 bits per heavy atom. The number of rotatable bonds is 4. The Kier molecular flexibility index (Phi) is 4.64. The molecule has 7 nitrogen and oxygen atoms in total. The number of nitrogens with zero attached hydrogens (tertiary/aromatic N) is 3. The van der Waals surface area contributed by atoms with Crippen molar-refractivity contribution < 1.29 is 4.79 Å². The first-order valence-corrected chi connectivity index (χ1v) is 6.54. The third-order valence-electron chi connectivity index (χ3n) is 3.32. The number of carbonyl (C=O) groups excluding carboxylic acids is 1. The van der Waals surface area contributed by atoms with E-state index in [1.54, 1.807) is 0 Å². The van der Waals surface area contributed by atoms with Crippen LogP contribution in [0.3, 0.4) is 0 Å². The number of likely N-dealkylation sites (tertiary alicyclic amines) is 1. The van der Waals surface area contributed by atoms with E-state index in [0.717, 1.165) is 32.5 Å². The second-order valence-corrected chi connectivity index (χ2v) is 4.64. The highest BCUT2D eigenvalue weighted by Gasteiger charge is 2.21. The Bertz CT molecular complexity index is 421. The number of hydrazine groups is 1. The maximum absolute atomic E-state index is 12.0. The van der Waals surface area contributed by atoms with E-state index in [4.69, 9.17) is 5.84 Å². The van der Waals surface area contributed by atoms with Gasteiger partial charge in [-0.1, -0.05) is 6.92 Å². The van der Waals surface area contributed by atoms with Gasteiger partial charge in [-0.25, -0.2) is 15.8 Å². The molecular weight excluding hydrogens is 244 g/mol. The quantitative estimate of drug-likeness (QED) is 0.522. The summed E-state index contributed by atoms with van der Waals surface area (Å²) in [6, 6.07) is 0.190. The fraction of sp³-hybridized carbons (Fsp3) is 0.583. The van der Waals surface area contributed by atoms with Crippen molar-refractivity contribution in [2.45, 2.75) is 25.8 Å². The molecule has 7 heteroatoms. The van der Waals surface area contributed by atoms with Gasteiger partial charge in [0.05, 0.1) is 12.4 Å². The van der Waals surface area contributed by atoms with Crippen LogP contribution in [0.4, 0.5) is 5.82 Å². The van der Waals surface area contributed by atoms with E-state index in [0.29, 0.717) is 11.5 Å². The van der Waals surface area contributed by atoms with Crippen LogP contribution in [0.25, 0.3) is 0 Å². The van der Waals surface area contributed by atoms with Crippen LogP contribution in [0, 0.1) is 0 Å². The van der Waals surface area contributed by atoms with Crippen molar-refractivity contribution >= 4 is 11.7 Å². The van der Waals surface area contributed by atoms with Crippen LogP contribution in [0.1, 0.15) is 30.3 Å². The Labute approximate surface area is 112 Å². The van der Waals surface area contributed by atoms with E-state index in [2.05, 4.69) is 32.5 Å². The summed E-state index contributed by atoms with van der Waals surface area (Å²) in [5, 5.41) is 3.00. The SMILES string of the molecule is CCN1CCCC(NC(=O)c2cnc(NN)cn2)C1. The van der Waals surface area contributed by atoms with Crippen LogP contribution < -0.4 is 16.6 Å². The van der Waals surface area contributed by atoms with Crippen LogP contribution in [-0.2, 0) is 0 Å². The molecule has 1 aromatic rings. The second kappa shape index (κ2) is 6.44. The van der Waals surface area contributed by atoms with E-state index in [-0.39, 0.29) is 11.9 Å². The van der Waals surface area contributed by atoms with E-state index >= 15 is 0 Å². The number of anilines is 1. The van der Waals surface area contributed by atoms with E-state index in [1.807, 2.05) is 0 Å². The molecule has 0 saturated carbocycles. The molecule has 0 bridgehead atoms. The smallest absolute Gasteiger partial charge is 0.271 e. The summed E-state index contributed by atoms with van der Waals surface area (Å²) < 4.78 is 0. The van der Waals surface area contributed by atoms with Crippen LogP contribution in [0.5, 0.6) is 0 Å². The molecule has 1 amide bonds. The molecule has 1 unspecified atom stereocenters. The zero-order valence-corrected chi connectivity index (χ0v) is 11.1. The Hall–Kier alpha value is -1.73. The van der Waals surface area contributed by atoms with Gasteiger partial charge in [0.2, 0.25) is 0 Å². The summed E-state index contributed by atoms with van der Waals surface area (Å²) in [5.74, 6) is 5.45. The predicted molar refractivity (Wildman–Crippen MR) is 72.4 cm³/mol. The largest absolute Gasteiger partial charge is 0.347 e. The minimum absolute atomic E-state index is 0.181. The zero-order chi connectivity index (χ0) is 13.7. The Balaban J connectivity index is 1.92. The van der Waals surface area contributed by atoms with Gasteiger partial charge in [0, 0.05) is 12.6 Å². The molecular formula is C12H20N6O.